The molecule has 0 aliphatic heterocycles. The van der Waals surface area contributed by atoms with Crippen LogP contribution in [0.1, 0.15) is 37.1 Å². The summed E-state index contributed by atoms with van der Waals surface area (Å²) in [4.78, 5) is 4.49. The molecule has 0 radical (unpaired) electrons. The zero-order valence-corrected chi connectivity index (χ0v) is 9.54. The molecule has 1 aromatic heterocycles. The Morgan fingerprint density at radius 3 is 3.07 bits per heavy atom. The fraction of sp³-hybridized carbons (Fsp3) is 0.750. The Balaban J connectivity index is 1.88. The molecule has 2 rings (SSSR count). The van der Waals surface area contributed by atoms with Crippen LogP contribution in [-0.2, 0) is 24.1 Å². The topological polar surface area (TPSA) is 27.1 Å². The van der Waals surface area contributed by atoms with Gasteiger partial charge in [-0.2, -0.15) is 0 Å². The van der Waals surface area contributed by atoms with Gasteiger partial charge in [0.25, 0.3) is 0 Å². The maximum Gasteiger partial charge on any atom is 0.0951 e. The second-order valence-electron chi connectivity index (χ2n) is 4.24. The van der Waals surface area contributed by atoms with Crippen molar-refractivity contribution in [1.82, 2.24) is 9.55 Å². The van der Waals surface area contributed by atoms with E-state index in [1.807, 2.05) is 6.33 Å². The van der Waals surface area contributed by atoms with E-state index < -0.39 is 0 Å². The van der Waals surface area contributed by atoms with E-state index in [1.165, 1.54) is 43.5 Å². The second kappa shape index (κ2) is 5.31. The van der Waals surface area contributed by atoms with E-state index in [0.717, 1.165) is 19.6 Å². The minimum atomic E-state index is 0.872. The normalized spacial score (nSPS) is 15.3. The molecule has 1 aliphatic carbocycles. The van der Waals surface area contributed by atoms with Gasteiger partial charge in [-0.25, -0.2) is 4.98 Å². The van der Waals surface area contributed by atoms with E-state index in [9.17, 15) is 0 Å². The highest BCUT2D eigenvalue weighted by Gasteiger charge is 2.14. The smallest absolute Gasteiger partial charge is 0.0951 e. The molecule has 84 valence electrons. The monoisotopic (exact) mass is 208 g/mol. The lowest BCUT2D eigenvalue weighted by Gasteiger charge is -2.13. The van der Waals surface area contributed by atoms with Crippen LogP contribution in [-0.4, -0.2) is 23.3 Å². The van der Waals surface area contributed by atoms with Crippen LogP contribution in [0, 0.1) is 0 Å². The average molecular weight is 208 g/mol. The van der Waals surface area contributed by atoms with E-state index in [0.29, 0.717) is 0 Å². The third kappa shape index (κ3) is 2.59. The Hall–Kier alpha value is -0.830. The molecular formula is C12H20N2O. The zero-order chi connectivity index (χ0) is 10.5. The van der Waals surface area contributed by atoms with Gasteiger partial charge in [-0.15, -0.1) is 0 Å². The molecule has 0 aromatic carbocycles. The lowest BCUT2D eigenvalue weighted by atomic mass is 10.0. The van der Waals surface area contributed by atoms with Crippen LogP contribution in [0.3, 0.4) is 0 Å². The van der Waals surface area contributed by atoms with E-state index >= 15 is 0 Å². The zero-order valence-electron chi connectivity index (χ0n) is 9.54. The number of imidazole rings is 1. The summed E-state index contributed by atoms with van der Waals surface area (Å²) < 4.78 is 7.39. The minimum Gasteiger partial charge on any atom is -0.385 e. The molecule has 1 aromatic rings. The van der Waals surface area contributed by atoms with E-state index in [1.54, 1.807) is 7.11 Å². The standard InChI is InChI=1S/C12H20N2O/c1-15-9-5-4-8-14-10-13-11-6-2-3-7-12(11)14/h10H,2-9H2,1H3. The quantitative estimate of drug-likeness (QED) is 0.693. The number of ether oxygens (including phenoxy) is 1. The van der Waals surface area contributed by atoms with Crippen LogP contribution >= 0.6 is 0 Å². The first-order chi connectivity index (χ1) is 7.42. The summed E-state index contributed by atoms with van der Waals surface area (Å²) in [6, 6.07) is 0. The molecule has 0 amide bonds. The highest BCUT2D eigenvalue weighted by molar-refractivity contribution is 5.16. The first-order valence-corrected chi connectivity index (χ1v) is 5.93. The van der Waals surface area contributed by atoms with E-state index in [4.69, 9.17) is 4.74 Å². The number of rotatable bonds is 5. The highest BCUT2D eigenvalue weighted by atomic mass is 16.5. The molecule has 0 spiro atoms. The third-order valence-electron chi connectivity index (χ3n) is 3.11. The van der Waals surface area contributed by atoms with Crippen molar-refractivity contribution in [2.45, 2.75) is 45.1 Å². The molecule has 0 unspecified atom stereocenters. The van der Waals surface area contributed by atoms with E-state index in [2.05, 4.69) is 9.55 Å². The van der Waals surface area contributed by atoms with Crippen LogP contribution in [0.5, 0.6) is 0 Å². The molecule has 0 N–H and O–H groups in total. The SMILES string of the molecule is COCCCCn1cnc2c1CCCC2. The predicted molar refractivity (Wildman–Crippen MR) is 60.0 cm³/mol. The van der Waals surface area contributed by atoms with Crippen LogP contribution in [0.25, 0.3) is 0 Å². The number of methoxy groups -OCH3 is 1. The van der Waals surface area contributed by atoms with Gasteiger partial charge < -0.3 is 9.30 Å². The van der Waals surface area contributed by atoms with Crippen molar-refractivity contribution in [3.63, 3.8) is 0 Å². The van der Waals surface area contributed by atoms with Gasteiger partial charge in [0, 0.05) is 26.0 Å². The van der Waals surface area contributed by atoms with Gasteiger partial charge >= 0.3 is 0 Å². The molecule has 0 saturated carbocycles. The molecule has 0 bridgehead atoms. The third-order valence-corrected chi connectivity index (χ3v) is 3.11. The lowest BCUT2D eigenvalue weighted by Crippen LogP contribution is -2.08. The summed E-state index contributed by atoms with van der Waals surface area (Å²) in [5.41, 5.74) is 2.83. The van der Waals surface area contributed by atoms with Crippen molar-refractivity contribution >= 4 is 0 Å². The van der Waals surface area contributed by atoms with Crippen molar-refractivity contribution in [1.29, 1.82) is 0 Å². The summed E-state index contributed by atoms with van der Waals surface area (Å²) in [5, 5.41) is 0. The van der Waals surface area contributed by atoms with Crippen LogP contribution in [0.2, 0.25) is 0 Å². The first kappa shape index (κ1) is 10.7. The summed E-state index contributed by atoms with van der Waals surface area (Å²) in [5.74, 6) is 0. The van der Waals surface area contributed by atoms with Crippen LogP contribution in [0.15, 0.2) is 6.33 Å². The Labute approximate surface area is 91.5 Å². The summed E-state index contributed by atoms with van der Waals surface area (Å²) >= 11 is 0. The Kier molecular flexibility index (Phi) is 3.78. The first-order valence-electron chi connectivity index (χ1n) is 5.93. The molecule has 3 heteroatoms. The molecule has 0 saturated heterocycles. The Bertz CT molecular complexity index is 307. The molecule has 15 heavy (non-hydrogen) atoms. The minimum absolute atomic E-state index is 0.872. The van der Waals surface area contributed by atoms with Gasteiger partial charge in [0.1, 0.15) is 0 Å². The Morgan fingerprint density at radius 2 is 2.20 bits per heavy atom. The summed E-state index contributed by atoms with van der Waals surface area (Å²) in [7, 11) is 1.76. The summed E-state index contributed by atoms with van der Waals surface area (Å²) in [6.07, 6.45) is 9.40. The van der Waals surface area contributed by atoms with E-state index in [-0.39, 0.29) is 0 Å². The lowest BCUT2D eigenvalue weighted by molar-refractivity contribution is 0.191. The molecular weight excluding hydrogens is 188 g/mol. The fourth-order valence-electron chi connectivity index (χ4n) is 2.25. The van der Waals surface area contributed by atoms with Crippen LogP contribution < -0.4 is 0 Å². The molecule has 1 heterocycles. The molecule has 0 atom stereocenters. The number of unbranched alkanes of at least 4 members (excludes halogenated alkanes) is 1. The van der Waals surface area contributed by atoms with Crippen molar-refractivity contribution < 1.29 is 4.74 Å². The van der Waals surface area contributed by atoms with Gasteiger partial charge in [0.15, 0.2) is 0 Å². The predicted octanol–water partition coefficient (Wildman–Crippen LogP) is 2.19. The molecule has 0 fully saturated rings. The van der Waals surface area contributed by atoms with Gasteiger partial charge in [-0.1, -0.05) is 0 Å². The maximum absolute atomic E-state index is 5.05. The van der Waals surface area contributed by atoms with Crippen molar-refractivity contribution in [2.75, 3.05) is 13.7 Å². The second-order valence-corrected chi connectivity index (χ2v) is 4.24. The maximum atomic E-state index is 5.05. The van der Waals surface area contributed by atoms with Crippen molar-refractivity contribution in [2.24, 2.45) is 0 Å². The number of nitrogens with zero attached hydrogens (tertiary/aromatic N) is 2. The highest BCUT2D eigenvalue weighted by Crippen LogP contribution is 2.20. The van der Waals surface area contributed by atoms with Gasteiger partial charge in [0.05, 0.1) is 12.0 Å². The molecule has 3 nitrogen and oxygen atoms in total. The molecule has 1 aliphatic rings. The van der Waals surface area contributed by atoms with Crippen LogP contribution in [0.4, 0.5) is 0 Å². The van der Waals surface area contributed by atoms with Gasteiger partial charge in [0.2, 0.25) is 0 Å². The number of fused-ring (bicyclic) bond motifs is 1. The number of aromatic nitrogens is 2. The fourth-order valence-corrected chi connectivity index (χ4v) is 2.25. The van der Waals surface area contributed by atoms with Crippen molar-refractivity contribution in [3.05, 3.63) is 17.7 Å². The summed E-state index contributed by atoms with van der Waals surface area (Å²) in [6.45, 7) is 1.97. The van der Waals surface area contributed by atoms with Gasteiger partial charge in [-0.05, 0) is 38.5 Å². The van der Waals surface area contributed by atoms with Gasteiger partial charge in [-0.3, -0.25) is 0 Å². The Morgan fingerprint density at radius 1 is 1.33 bits per heavy atom. The number of hydrogen-bond acceptors (Lipinski definition) is 2. The number of hydrogen-bond donors (Lipinski definition) is 0. The largest absolute Gasteiger partial charge is 0.385 e. The average Bonchev–Trinajstić information content (AvgIpc) is 2.68. The van der Waals surface area contributed by atoms with Crippen molar-refractivity contribution in [3.8, 4) is 0 Å². The number of aryl methyl sites for hydroxylation is 2.